The van der Waals surface area contributed by atoms with Gasteiger partial charge in [-0.1, -0.05) is 12.1 Å². The zero-order chi connectivity index (χ0) is 19.8. The summed E-state index contributed by atoms with van der Waals surface area (Å²) in [4.78, 5) is 23.0. The van der Waals surface area contributed by atoms with E-state index < -0.39 is 16.4 Å². The summed E-state index contributed by atoms with van der Waals surface area (Å²) in [5.74, 6) is -1.14. The van der Waals surface area contributed by atoms with Crippen LogP contribution in [-0.2, 0) is 0 Å². The molecule has 0 atom stereocenters. The van der Waals surface area contributed by atoms with Gasteiger partial charge in [-0.3, -0.25) is 10.1 Å². The highest BCUT2D eigenvalue weighted by molar-refractivity contribution is 7.99. The second-order valence-electron chi connectivity index (χ2n) is 5.52. The largest absolute Gasteiger partial charge is 0.378 e. The smallest absolute Gasteiger partial charge is 0.352 e. The summed E-state index contributed by atoms with van der Waals surface area (Å²) in [6.45, 7) is 0. The van der Waals surface area contributed by atoms with E-state index in [2.05, 4.69) is 20.1 Å². The molecule has 0 aliphatic rings. The Balaban J connectivity index is 1.88. The van der Waals surface area contributed by atoms with Crippen molar-refractivity contribution in [2.24, 2.45) is 0 Å². The van der Waals surface area contributed by atoms with Gasteiger partial charge < -0.3 is 11.5 Å². The molecule has 0 unspecified atom stereocenters. The van der Waals surface area contributed by atoms with Gasteiger partial charge in [0, 0.05) is 6.20 Å². The molecule has 3 heterocycles. The molecule has 140 valence electrons. The number of benzene rings is 1. The summed E-state index contributed by atoms with van der Waals surface area (Å²) in [7, 11) is 0. The van der Waals surface area contributed by atoms with Gasteiger partial charge in [-0.15, -0.1) is 0 Å². The van der Waals surface area contributed by atoms with E-state index in [1.54, 1.807) is 36.5 Å². The average molecular weight is 398 g/mol. The van der Waals surface area contributed by atoms with Gasteiger partial charge in [0.05, 0.1) is 15.3 Å². The van der Waals surface area contributed by atoms with Crippen molar-refractivity contribution in [1.29, 1.82) is 0 Å². The van der Waals surface area contributed by atoms with E-state index in [0.29, 0.717) is 15.6 Å². The zero-order valence-electron chi connectivity index (χ0n) is 14.0. The highest BCUT2D eigenvalue weighted by Gasteiger charge is 2.24. The molecule has 0 radical (unpaired) electrons. The summed E-state index contributed by atoms with van der Waals surface area (Å²) in [5, 5.41) is 15.6. The first-order valence-electron chi connectivity index (χ1n) is 7.79. The second kappa shape index (κ2) is 6.74. The van der Waals surface area contributed by atoms with Crippen LogP contribution in [0.5, 0.6) is 0 Å². The van der Waals surface area contributed by atoms with Crippen molar-refractivity contribution in [3.8, 4) is 11.5 Å². The number of nitrogens with two attached hydrogens (primary N) is 2. The van der Waals surface area contributed by atoms with Crippen LogP contribution >= 0.6 is 11.8 Å². The minimum atomic E-state index is -0.749. The SMILES string of the molecule is Nc1nc(-c2nc(Sc3ccccc3F)n3ncccc23)nc(N)c1[N+](=O)[O-]. The highest BCUT2D eigenvalue weighted by atomic mass is 32.2. The number of nitro groups is 1. The lowest BCUT2D eigenvalue weighted by atomic mass is 10.3. The number of nitrogen functional groups attached to an aromatic ring is 2. The number of anilines is 2. The topological polar surface area (TPSA) is 151 Å². The van der Waals surface area contributed by atoms with E-state index in [1.165, 1.54) is 10.6 Å². The van der Waals surface area contributed by atoms with Crippen molar-refractivity contribution in [1.82, 2.24) is 24.6 Å². The fourth-order valence-corrected chi connectivity index (χ4v) is 3.42. The third-order valence-corrected chi connectivity index (χ3v) is 4.75. The van der Waals surface area contributed by atoms with Crippen LogP contribution in [0.15, 0.2) is 52.6 Å². The molecule has 28 heavy (non-hydrogen) atoms. The molecule has 4 rings (SSSR count). The van der Waals surface area contributed by atoms with Gasteiger partial charge in [0.2, 0.25) is 11.6 Å². The average Bonchev–Trinajstić information content (AvgIpc) is 3.01. The van der Waals surface area contributed by atoms with E-state index in [4.69, 9.17) is 11.5 Å². The molecule has 0 fully saturated rings. The number of fused-ring (bicyclic) bond motifs is 1. The summed E-state index contributed by atoms with van der Waals surface area (Å²) >= 11 is 1.06. The molecule has 0 saturated carbocycles. The normalized spacial score (nSPS) is 11.0. The van der Waals surface area contributed by atoms with E-state index in [1.807, 2.05) is 0 Å². The Bertz CT molecular complexity index is 1210. The maximum atomic E-state index is 14.0. The van der Waals surface area contributed by atoms with Crippen molar-refractivity contribution in [3.05, 3.63) is 58.5 Å². The van der Waals surface area contributed by atoms with Crippen LogP contribution in [-0.4, -0.2) is 29.5 Å². The number of halogens is 1. The maximum absolute atomic E-state index is 14.0. The van der Waals surface area contributed by atoms with Crippen molar-refractivity contribution in [2.45, 2.75) is 10.1 Å². The first kappa shape index (κ1) is 17.6. The van der Waals surface area contributed by atoms with Crippen LogP contribution in [0, 0.1) is 15.9 Å². The second-order valence-corrected chi connectivity index (χ2v) is 6.53. The zero-order valence-corrected chi connectivity index (χ0v) is 14.8. The third kappa shape index (κ3) is 2.95. The Morgan fingerprint density at radius 1 is 1.07 bits per heavy atom. The number of hydrogen-bond donors (Lipinski definition) is 2. The molecular formula is C16H11FN8O2S. The fourth-order valence-electron chi connectivity index (χ4n) is 2.54. The lowest BCUT2D eigenvalue weighted by Crippen LogP contribution is -2.07. The van der Waals surface area contributed by atoms with Crippen molar-refractivity contribution in [2.75, 3.05) is 11.5 Å². The van der Waals surface area contributed by atoms with E-state index in [0.717, 1.165) is 11.8 Å². The van der Waals surface area contributed by atoms with Crippen LogP contribution in [0.4, 0.5) is 21.7 Å². The van der Waals surface area contributed by atoms with Gasteiger partial charge in [0.1, 0.15) is 11.5 Å². The summed E-state index contributed by atoms with van der Waals surface area (Å²) in [6, 6.07) is 9.63. The van der Waals surface area contributed by atoms with Gasteiger partial charge >= 0.3 is 5.69 Å². The quantitative estimate of drug-likeness (QED) is 0.390. The van der Waals surface area contributed by atoms with Gasteiger partial charge in [0.25, 0.3) is 0 Å². The number of hydrogen-bond acceptors (Lipinski definition) is 9. The van der Waals surface area contributed by atoms with Gasteiger partial charge in [-0.2, -0.15) is 5.10 Å². The summed E-state index contributed by atoms with van der Waals surface area (Å²) < 4.78 is 15.5. The molecule has 4 N–H and O–H groups in total. The van der Waals surface area contributed by atoms with Crippen LogP contribution in [0.2, 0.25) is 0 Å². The lowest BCUT2D eigenvalue weighted by Gasteiger charge is -2.02. The molecule has 0 aliphatic heterocycles. The Hall–Kier alpha value is -3.80. The maximum Gasteiger partial charge on any atom is 0.352 e. The van der Waals surface area contributed by atoms with Gasteiger partial charge in [0.15, 0.2) is 11.0 Å². The molecule has 0 spiro atoms. The first-order valence-corrected chi connectivity index (χ1v) is 8.61. The minimum absolute atomic E-state index is 0.00600. The molecule has 3 aromatic heterocycles. The van der Waals surface area contributed by atoms with Crippen LogP contribution < -0.4 is 11.5 Å². The minimum Gasteiger partial charge on any atom is -0.378 e. The highest BCUT2D eigenvalue weighted by Crippen LogP contribution is 2.34. The van der Waals surface area contributed by atoms with Crippen molar-refractivity contribution >= 4 is 34.6 Å². The number of aromatic nitrogens is 5. The number of nitrogens with zero attached hydrogens (tertiary/aromatic N) is 6. The van der Waals surface area contributed by atoms with Gasteiger partial charge in [-0.05, 0) is 36.0 Å². The van der Waals surface area contributed by atoms with Crippen LogP contribution in [0.3, 0.4) is 0 Å². The number of rotatable bonds is 4. The predicted octanol–water partition coefficient (Wildman–Crippen LogP) is 2.55. The lowest BCUT2D eigenvalue weighted by molar-refractivity contribution is -0.383. The molecular weight excluding hydrogens is 387 g/mol. The Morgan fingerprint density at radius 2 is 1.79 bits per heavy atom. The van der Waals surface area contributed by atoms with Crippen LogP contribution in [0.25, 0.3) is 17.0 Å². The first-order chi connectivity index (χ1) is 13.5. The standard InChI is InChI=1S/C16H11FN8O2S/c17-8-4-1-2-6-10(8)28-16-21-11(9-5-3-7-20-24(9)16)15-22-13(18)12(25(26)27)14(19)23-15/h1-7H,(H4,18,19,22,23). The molecule has 0 bridgehead atoms. The van der Waals surface area contributed by atoms with Gasteiger partial charge in [-0.25, -0.2) is 23.9 Å². The molecule has 1 aromatic carbocycles. The summed E-state index contributed by atoms with van der Waals surface area (Å²) in [5.41, 5.74) is 11.6. The molecule has 10 nitrogen and oxygen atoms in total. The molecule has 4 aromatic rings. The Labute approximate surface area is 160 Å². The van der Waals surface area contributed by atoms with E-state index >= 15 is 0 Å². The molecule has 0 saturated heterocycles. The van der Waals surface area contributed by atoms with Crippen molar-refractivity contribution < 1.29 is 9.31 Å². The monoisotopic (exact) mass is 398 g/mol. The molecule has 0 amide bonds. The Kier molecular flexibility index (Phi) is 4.24. The van der Waals surface area contributed by atoms with Crippen molar-refractivity contribution in [3.63, 3.8) is 0 Å². The summed E-state index contributed by atoms with van der Waals surface area (Å²) in [6.07, 6.45) is 1.54. The van der Waals surface area contributed by atoms with Crippen LogP contribution in [0.1, 0.15) is 0 Å². The predicted molar refractivity (Wildman–Crippen MR) is 100 cm³/mol. The molecule has 12 heteroatoms. The Morgan fingerprint density at radius 3 is 2.46 bits per heavy atom. The number of imidazole rings is 1. The fraction of sp³-hybridized carbons (Fsp3) is 0. The van der Waals surface area contributed by atoms with E-state index in [-0.39, 0.29) is 23.2 Å². The third-order valence-electron chi connectivity index (χ3n) is 3.75. The van der Waals surface area contributed by atoms with E-state index in [9.17, 15) is 14.5 Å². The molecule has 0 aliphatic carbocycles.